The summed E-state index contributed by atoms with van der Waals surface area (Å²) in [6, 6.07) is 11.9. The van der Waals surface area contributed by atoms with Crippen molar-refractivity contribution in [2.75, 3.05) is 0 Å². The molecule has 0 saturated carbocycles. The number of fused-ring (bicyclic) bond motifs is 7. The van der Waals surface area contributed by atoms with E-state index in [1.807, 2.05) is 18.2 Å². The second-order valence-corrected chi connectivity index (χ2v) is 6.01. The Bertz CT molecular complexity index is 1090. The minimum atomic E-state index is -2.24. The Morgan fingerprint density at radius 2 is 2.25 bits per heavy atom. The van der Waals surface area contributed by atoms with Crippen molar-refractivity contribution in [2.24, 2.45) is 6.98 Å². The molecule has 0 atom stereocenters. The highest BCUT2D eigenvalue weighted by Crippen LogP contribution is 2.38. The SMILES string of the molecule is [2H]C([2H])([2H])n1c2cccnc2c2sc3[n+](c21)Cc1ccccc1-3. The van der Waals surface area contributed by atoms with Gasteiger partial charge in [-0.05, 0) is 18.2 Å². The van der Waals surface area contributed by atoms with Gasteiger partial charge in [0.15, 0.2) is 15.2 Å². The fourth-order valence-corrected chi connectivity index (χ4v) is 4.35. The third kappa shape index (κ3) is 1.11. The van der Waals surface area contributed by atoms with Crippen LogP contribution in [0, 0.1) is 0 Å². The smallest absolute Gasteiger partial charge is 0.251 e. The van der Waals surface area contributed by atoms with Gasteiger partial charge in [0.25, 0.3) is 0 Å². The van der Waals surface area contributed by atoms with Crippen molar-refractivity contribution in [1.82, 2.24) is 9.55 Å². The molecule has 4 aromatic rings. The van der Waals surface area contributed by atoms with Crippen LogP contribution in [-0.2, 0) is 13.5 Å². The summed E-state index contributed by atoms with van der Waals surface area (Å²) in [5.41, 5.74) is 4.60. The van der Waals surface area contributed by atoms with E-state index in [1.54, 1.807) is 23.6 Å². The zero-order valence-corrected chi connectivity index (χ0v) is 11.3. The van der Waals surface area contributed by atoms with E-state index >= 15 is 0 Å². The monoisotopic (exact) mass is 281 g/mol. The maximum absolute atomic E-state index is 7.98. The zero-order chi connectivity index (χ0) is 15.8. The van der Waals surface area contributed by atoms with Crippen LogP contribution in [0.3, 0.4) is 0 Å². The molecular formula is C16H12N3S+. The van der Waals surface area contributed by atoms with Gasteiger partial charge in [0.05, 0.1) is 11.1 Å². The molecule has 0 unspecified atom stereocenters. The van der Waals surface area contributed by atoms with Gasteiger partial charge in [-0.1, -0.05) is 29.5 Å². The van der Waals surface area contributed by atoms with Gasteiger partial charge in [0.1, 0.15) is 12.1 Å². The van der Waals surface area contributed by atoms with E-state index in [2.05, 4.69) is 21.7 Å². The Morgan fingerprint density at radius 3 is 3.20 bits per heavy atom. The fraction of sp³-hybridized carbons (Fsp3) is 0.125. The zero-order valence-electron chi connectivity index (χ0n) is 13.5. The number of rotatable bonds is 0. The van der Waals surface area contributed by atoms with E-state index in [-0.39, 0.29) is 0 Å². The summed E-state index contributed by atoms with van der Waals surface area (Å²) in [6.07, 6.45) is 1.72. The Labute approximate surface area is 123 Å². The maximum atomic E-state index is 7.98. The molecule has 0 saturated heterocycles. The average molecular weight is 281 g/mol. The molecule has 1 aliphatic heterocycles. The summed E-state index contributed by atoms with van der Waals surface area (Å²) in [4.78, 5) is 4.44. The lowest BCUT2D eigenvalue weighted by Crippen LogP contribution is -2.32. The van der Waals surface area contributed by atoms with Crippen LogP contribution < -0.4 is 4.57 Å². The lowest BCUT2D eigenvalue weighted by Gasteiger charge is -1.93. The van der Waals surface area contributed by atoms with Crippen LogP contribution in [0.15, 0.2) is 42.6 Å². The van der Waals surface area contributed by atoms with Gasteiger partial charge < -0.3 is 0 Å². The number of aryl methyl sites for hydroxylation is 1. The van der Waals surface area contributed by atoms with Crippen LogP contribution in [0.1, 0.15) is 9.68 Å². The molecule has 96 valence electrons. The standard InChI is InChI=1S/C16H12N3S/c1-18-12-7-4-8-17-13(12)14-15(18)19-9-10-5-2-3-6-11(10)16(19)20-14/h2-8H,9H2,1H3/q+1/i1D3. The lowest BCUT2D eigenvalue weighted by molar-refractivity contribution is -0.644. The van der Waals surface area contributed by atoms with Gasteiger partial charge in [-0.2, -0.15) is 0 Å². The van der Waals surface area contributed by atoms with Crippen LogP contribution in [0.2, 0.25) is 0 Å². The third-order valence-electron chi connectivity index (χ3n) is 3.93. The molecule has 0 amide bonds. The second-order valence-electron chi connectivity index (χ2n) is 5.01. The molecule has 0 spiro atoms. The summed E-state index contributed by atoms with van der Waals surface area (Å²) < 4.78 is 28.4. The predicted octanol–water partition coefficient (Wildman–Crippen LogP) is 3.10. The Balaban J connectivity index is 1.97. The van der Waals surface area contributed by atoms with Gasteiger partial charge in [-0.25, -0.2) is 9.13 Å². The molecule has 0 bridgehead atoms. The van der Waals surface area contributed by atoms with Gasteiger partial charge in [-0.3, -0.25) is 4.98 Å². The molecular weight excluding hydrogens is 266 g/mol. The maximum Gasteiger partial charge on any atom is 0.303 e. The molecule has 3 aromatic heterocycles. The van der Waals surface area contributed by atoms with Crippen LogP contribution in [0.4, 0.5) is 0 Å². The lowest BCUT2D eigenvalue weighted by atomic mass is 10.1. The Hall–Kier alpha value is -2.20. The average Bonchev–Trinajstić information content (AvgIpc) is 3.13. The minimum absolute atomic E-state index is 0.667. The fourth-order valence-electron chi connectivity index (χ4n) is 3.04. The van der Waals surface area contributed by atoms with Gasteiger partial charge >= 0.3 is 5.65 Å². The highest BCUT2D eigenvalue weighted by molar-refractivity contribution is 7.22. The molecule has 4 heteroatoms. The van der Waals surface area contributed by atoms with E-state index in [4.69, 9.17) is 4.11 Å². The Kier molecular flexibility index (Phi) is 1.41. The topological polar surface area (TPSA) is 21.7 Å². The van der Waals surface area contributed by atoms with Crippen molar-refractivity contribution in [3.8, 4) is 10.6 Å². The molecule has 4 heterocycles. The number of aromatic nitrogens is 3. The highest BCUT2D eigenvalue weighted by Gasteiger charge is 2.32. The molecule has 20 heavy (non-hydrogen) atoms. The number of benzene rings is 1. The molecule has 0 N–H and O–H groups in total. The molecule has 3 nitrogen and oxygen atoms in total. The number of thiazole rings is 1. The van der Waals surface area contributed by atoms with E-state index in [1.165, 1.54) is 15.7 Å². The van der Waals surface area contributed by atoms with Crippen molar-refractivity contribution in [3.05, 3.63) is 48.2 Å². The normalized spacial score (nSPS) is 15.9. The predicted molar refractivity (Wildman–Crippen MR) is 80.8 cm³/mol. The molecule has 1 aliphatic rings. The minimum Gasteiger partial charge on any atom is -0.251 e. The van der Waals surface area contributed by atoms with Crippen molar-refractivity contribution < 1.29 is 8.68 Å². The quantitative estimate of drug-likeness (QED) is 0.400. The van der Waals surface area contributed by atoms with Crippen molar-refractivity contribution >= 4 is 32.7 Å². The second kappa shape index (κ2) is 3.46. The van der Waals surface area contributed by atoms with Crippen LogP contribution in [-0.4, -0.2) is 9.55 Å². The van der Waals surface area contributed by atoms with Crippen molar-refractivity contribution in [3.63, 3.8) is 0 Å². The molecule has 1 aromatic carbocycles. The van der Waals surface area contributed by atoms with Crippen LogP contribution in [0.5, 0.6) is 0 Å². The van der Waals surface area contributed by atoms with Crippen molar-refractivity contribution in [1.29, 1.82) is 0 Å². The van der Waals surface area contributed by atoms with Gasteiger partial charge in [-0.15, -0.1) is 0 Å². The Morgan fingerprint density at radius 1 is 1.30 bits per heavy atom. The van der Waals surface area contributed by atoms with E-state index in [9.17, 15) is 0 Å². The number of hydrogen-bond acceptors (Lipinski definition) is 2. The largest absolute Gasteiger partial charge is 0.303 e. The summed E-state index contributed by atoms with van der Waals surface area (Å²) in [7, 11) is 0. The first-order valence-corrected chi connectivity index (χ1v) is 7.28. The highest BCUT2D eigenvalue weighted by atomic mass is 32.1. The van der Waals surface area contributed by atoms with E-state index in [0.717, 1.165) is 20.9 Å². The summed E-state index contributed by atoms with van der Waals surface area (Å²) >= 11 is 1.63. The van der Waals surface area contributed by atoms with E-state index < -0.39 is 6.98 Å². The summed E-state index contributed by atoms with van der Waals surface area (Å²) in [5, 5.41) is 1.11. The first-order chi connectivity index (χ1) is 11.1. The number of pyridine rings is 1. The first-order valence-electron chi connectivity index (χ1n) is 7.96. The van der Waals surface area contributed by atoms with E-state index in [0.29, 0.717) is 12.1 Å². The molecule has 5 rings (SSSR count). The van der Waals surface area contributed by atoms with Gasteiger partial charge in [0, 0.05) is 17.3 Å². The molecule has 0 radical (unpaired) electrons. The number of hydrogen-bond donors (Lipinski definition) is 0. The van der Waals surface area contributed by atoms with Crippen molar-refractivity contribution in [2.45, 2.75) is 6.54 Å². The number of nitrogens with zero attached hydrogens (tertiary/aromatic N) is 3. The first kappa shape index (κ1) is 8.17. The third-order valence-corrected chi connectivity index (χ3v) is 5.15. The van der Waals surface area contributed by atoms with Crippen LogP contribution >= 0.6 is 11.3 Å². The molecule has 0 aliphatic carbocycles. The molecule has 0 fully saturated rings. The van der Waals surface area contributed by atoms with Gasteiger partial charge in [0.2, 0.25) is 0 Å². The summed E-state index contributed by atoms with van der Waals surface area (Å²) in [5.74, 6) is 0. The summed E-state index contributed by atoms with van der Waals surface area (Å²) in [6.45, 7) is -1.53. The van der Waals surface area contributed by atoms with Crippen LogP contribution in [0.25, 0.3) is 32.0 Å².